The van der Waals surface area contributed by atoms with Crippen LogP contribution in [0.25, 0.3) is 10.8 Å². The van der Waals surface area contributed by atoms with Crippen molar-refractivity contribution in [3.05, 3.63) is 42.5 Å². The van der Waals surface area contributed by atoms with Gasteiger partial charge in [-0.3, -0.25) is 0 Å². The van der Waals surface area contributed by atoms with E-state index in [1.165, 1.54) is 10.8 Å². The van der Waals surface area contributed by atoms with Gasteiger partial charge < -0.3 is 10.5 Å². The standard InChI is InChI=1S/C15H19NO/c1-12(16)6-5-11-17-15-10-4-8-13-7-2-3-9-14(13)15/h2-4,7-10,12H,5-6,11,16H2,1H3. The summed E-state index contributed by atoms with van der Waals surface area (Å²) in [4.78, 5) is 0. The summed E-state index contributed by atoms with van der Waals surface area (Å²) in [6, 6.07) is 14.7. The van der Waals surface area contributed by atoms with Crippen molar-refractivity contribution >= 4 is 10.8 Å². The van der Waals surface area contributed by atoms with E-state index >= 15 is 0 Å². The Balaban J connectivity index is 2.03. The maximum atomic E-state index is 5.81. The Hall–Kier alpha value is -1.54. The lowest BCUT2D eigenvalue weighted by molar-refractivity contribution is 0.306. The Morgan fingerprint density at radius 2 is 1.88 bits per heavy atom. The van der Waals surface area contributed by atoms with Gasteiger partial charge in [0.15, 0.2) is 0 Å². The van der Waals surface area contributed by atoms with E-state index in [9.17, 15) is 0 Å². The van der Waals surface area contributed by atoms with Crippen LogP contribution in [-0.2, 0) is 0 Å². The van der Waals surface area contributed by atoms with E-state index in [1.807, 2.05) is 31.2 Å². The lowest BCUT2D eigenvalue weighted by atomic mass is 10.1. The summed E-state index contributed by atoms with van der Waals surface area (Å²) in [6.45, 7) is 2.76. The molecule has 1 atom stereocenters. The van der Waals surface area contributed by atoms with Crippen LogP contribution in [0.3, 0.4) is 0 Å². The van der Waals surface area contributed by atoms with Crippen LogP contribution < -0.4 is 10.5 Å². The normalized spacial score (nSPS) is 12.6. The molecule has 2 aromatic carbocycles. The van der Waals surface area contributed by atoms with Gasteiger partial charge >= 0.3 is 0 Å². The molecule has 2 nitrogen and oxygen atoms in total. The topological polar surface area (TPSA) is 35.2 Å². The predicted molar refractivity (Wildman–Crippen MR) is 72.3 cm³/mol. The van der Waals surface area contributed by atoms with E-state index in [2.05, 4.69) is 18.2 Å². The van der Waals surface area contributed by atoms with Crippen molar-refractivity contribution in [2.24, 2.45) is 5.73 Å². The Morgan fingerprint density at radius 3 is 2.71 bits per heavy atom. The quantitative estimate of drug-likeness (QED) is 0.798. The highest BCUT2D eigenvalue weighted by Gasteiger charge is 2.01. The Bertz CT molecular complexity index is 474. The molecule has 0 saturated heterocycles. The zero-order chi connectivity index (χ0) is 12.1. The summed E-state index contributed by atoms with van der Waals surface area (Å²) in [5, 5.41) is 2.40. The van der Waals surface area contributed by atoms with Crippen molar-refractivity contribution in [3.63, 3.8) is 0 Å². The molecular formula is C15H19NO. The van der Waals surface area contributed by atoms with Gasteiger partial charge in [0, 0.05) is 11.4 Å². The first kappa shape index (κ1) is 11.9. The van der Waals surface area contributed by atoms with Gasteiger partial charge in [-0.2, -0.15) is 0 Å². The first-order valence-corrected chi connectivity index (χ1v) is 6.13. The third-order valence-corrected chi connectivity index (χ3v) is 2.81. The molecule has 17 heavy (non-hydrogen) atoms. The Labute approximate surface area is 102 Å². The van der Waals surface area contributed by atoms with Gasteiger partial charge in [0.2, 0.25) is 0 Å². The van der Waals surface area contributed by atoms with E-state index in [-0.39, 0.29) is 6.04 Å². The second-order valence-corrected chi connectivity index (χ2v) is 4.45. The van der Waals surface area contributed by atoms with Crippen LogP contribution in [0.1, 0.15) is 19.8 Å². The van der Waals surface area contributed by atoms with Crippen molar-refractivity contribution in [2.75, 3.05) is 6.61 Å². The van der Waals surface area contributed by atoms with Crippen LogP contribution in [-0.4, -0.2) is 12.6 Å². The molecule has 1 unspecified atom stereocenters. The van der Waals surface area contributed by atoms with Gasteiger partial charge in [0.05, 0.1) is 6.61 Å². The molecule has 0 aromatic heterocycles. The number of hydrogen-bond donors (Lipinski definition) is 1. The molecule has 90 valence electrons. The zero-order valence-corrected chi connectivity index (χ0v) is 10.2. The number of benzene rings is 2. The summed E-state index contributed by atoms with van der Waals surface area (Å²) >= 11 is 0. The van der Waals surface area contributed by atoms with Gasteiger partial charge in [0.25, 0.3) is 0 Å². The molecule has 0 saturated carbocycles. The maximum Gasteiger partial charge on any atom is 0.127 e. The van der Waals surface area contributed by atoms with Crippen molar-refractivity contribution < 1.29 is 4.74 Å². The fourth-order valence-corrected chi connectivity index (χ4v) is 1.91. The van der Waals surface area contributed by atoms with Crippen molar-refractivity contribution in [1.29, 1.82) is 0 Å². The minimum absolute atomic E-state index is 0.256. The summed E-state index contributed by atoms with van der Waals surface area (Å²) < 4.78 is 5.81. The predicted octanol–water partition coefficient (Wildman–Crippen LogP) is 3.35. The average Bonchev–Trinajstić information content (AvgIpc) is 2.34. The van der Waals surface area contributed by atoms with E-state index in [1.54, 1.807) is 0 Å². The molecule has 0 aliphatic rings. The second-order valence-electron chi connectivity index (χ2n) is 4.45. The number of hydrogen-bond acceptors (Lipinski definition) is 2. The molecule has 2 rings (SSSR count). The first-order chi connectivity index (χ1) is 8.27. The third-order valence-electron chi connectivity index (χ3n) is 2.81. The summed E-state index contributed by atoms with van der Waals surface area (Å²) in [7, 11) is 0. The lowest BCUT2D eigenvalue weighted by Crippen LogP contribution is -2.15. The molecule has 0 amide bonds. The number of rotatable bonds is 5. The molecule has 0 aliphatic heterocycles. The fourth-order valence-electron chi connectivity index (χ4n) is 1.91. The Kier molecular flexibility index (Phi) is 3.99. The van der Waals surface area contributed by atoms with E-state index < -0.39 is 0 Å². The minimum Gasteiger partial charge on any atom is -0.493 e. The van der Waals surface area contributed by atoms with Gasteiger partial charge in [-0.15, -0.1) is 0 Å². The molecule has 0 bridgehead atoms. The number of nitrogens with two attached hydrogens (primary N) is 1. The molecule has 2 N–H and O–H groups in total. The largest absolute Gasteiger partial charge is 0.493 e. The minimum atomic E-state index is 0.256. The monoisotopic (exact) mass is 229 g/mol. The lowest BCUT2D eigenvalue weighted by Gasteiger charge is -2.10. The van der Waals surface area contributed by atoms with Gasteiger partial charge in [-0.05, 0) is 31.2 Å². The fraction of sp³-hybridized carbons (Fsp3) is 0.333. The summed E-state index contributed by atoms with van der Waals surface area (Å²) in [5.41, 5.74) is 5.71. The summed E-state index contributed by atoms with van der Waals surface area (Å²) in [6.07, 6.45) is 2.01. The Morgan fingerprint density at radius 1 is 1.12 bits per heavy atom. The first-order valence-electron chi connectivity index (χ1n) is 6.13. The molecular weight excluding hydrogens is 210 g/mol. The van der Waals surface area contributed by atoms with Crippen molar-refractivity contribution in [3.8, 4) is 5.75 Å². The molecule has 2 heteroatoms. The van der Waals surface area contributed by atoms with Crippen LogP contribution in [0.4, 0.5) is 0 Å². The van der Waals surface area contributed by atoms with Crippen LogP contribution >= 0.6 is 0 Å². The van der Waals surface area contributed by atoms with Gasteiger partial charge in [-0.1, -0.05) is 36.4 Å². The molecule has 0 radical (unpaired) electrons. The van der Waals surface area contributed by atoms with Crippen molar-refractivity contribution in [2.45, 2.75) is 25.8 Å². The maximum absolute atomic E-state index is 5.81. The van der Waals surface area contributed by atoms with Crippen LogP contribution in [0, 0.1) is 0 Å². The molecule has 0 spiro atoms. The van der Waals surface area contributed by atoms with Crippen LogP contribution in [0.5, 0.6) is 5.75 Å². The number of ether oxygens (including phenoxy) is 1. The highest BCUT2D eigenvalue weighted by atomic mass is 16.5. The van der Waals surface area contributed by atoms with Crippen molar-refractivity contribution in [1.82, 2.24) is 0 Å². The highest BCUT2D eigenvalue weighted by molar-refractivity contribution is 5.88. The molecule has 2 aromatic rings. The third kappa shape index (κ3) is 3.21. The van der Waals surface area contributed by atoms with E-state index in [4.69, 9.17) is 10.5 Å². The zero-order valence-electron chi connectivity index (χ0n) is 10.2. The second kappa shape index (κ2) is 5.69. The highest BCUT2D eigenvalue weighted by Crippen LogP contribution is 2.25. The van der Waals surface area contributed by atoms with Gasteiger partial charge in [0.1, 0.15) is 5.75 Å². The van der Waals surface area contributed by atoms with E-state index in [0.717, 1.165) is 25.2 Å². The molecule has 0 fully saturated rings. The molecule has 0 aliphatic carbocycles. The number of fused-ring (bicyclic) bond motifs is 1. The smallest absolute Gasteiger partial charge is 0.127 e. The molecule has 0 heterocycles. The van der Waals surface area contributed by atoms with Crippen LogP contribution in [0.2, 0.25) is 0 Å². The van der Waals surface area contributed by atoms with E-state index in [0.29, 0.717) is 0 Å². The van der Waals surface area contributed by atoms with Crippen LogP contribution in [0.15, 0.2) is 42.5 Å². The SMILES string of the molecule is CC(N)CCCOc1cccc2ccccc12. The summed E-state index contributed by atoms with van der Waals surface area (Å²) in [5.74, 6) is 0.966. The average molecular weight is 229 g/mol. The van der Waals surface area contributed by atoms with Gasteiger partial charge in [-0.25, -0.2) is 0 Å².